The summed E-state index contributed by atoms with van der Waals surface area (Å²) < 4.78 is 2.34. The lowest BCUT2D eigenvalue weighted by atomic mass is 10.8. The molecule has 1 N–H and O–H groups in total. The fraction of sp³-hybridized carbons (Fsp3) is 0.500. The van der Waals surface area contributed by atoms with E-state index < -0.39 is 0 Å². The molecule has 0 aliphatic rings. The monoisotopic (exact) mass is 91.0 g/mol. The summed E-state index contributed by atoms with van der Waals surface area (Å²) in [7, 11) is 0. The minimum Gasteiger partial charge on any atom is -0.302 e. The molecule has 0 spiro atoms. The minimum absolute atomic E-state index is 0.323. The highest BCUT2D eigenvalue weighted by atomic mass is 32.1. The van der Waals surface area contributed by atoms with Gasteiger partial charge in [-0.3, -0.25) is 4.72 Å². The van der Waals surface area contributed by atoms with Crippen LogP contribution < -0.4 is 4.72 Å². The molecule has 0 fully saturated rings. The maximum atomic E-state index is 9.29. The van der Waals surface area contributed by atoms with E-state index in [4.69, 9.17) is 0 Å². The summed E-state index contributed by atoms with van der Waals surface area (Å²) in [5.41, 5.74) is 0. The molecule has 2 nitrogen and oxygen atoms in total. The van der Waals surface area contributed by atoms with Crippen molar-refractivity contribution < 1.29 is 4.79 Å². The molecule has 0 saturated heterocycles. The Morgan fingerprint density at radius 1 is 2.00 bits per heavy atom. The first-order valence-corrected chi connectivity index (χ1v) is 1.67. The zero-order chi connectivity index (χ0) is 4.12. The SMILES string of the molecule is O=CCNS. The summed E-state index contributed by atoms with van der Waals surface area (Å²) in [6, 6.07) is 0. The van der Waals surface area contributed by atoms with E-state index >= 15 is 0 Å². The van der Waals surface area contributed by atoms with Crippen LogP contribution in [-0.4, -0.2) is 12.8 Å². The van der Waals surface area contributed by atoms with E-state index in [0.717, 1.165) is 6.29 Å². The van der Waals surface area contributed by atoms with Crippen molar-refractivity contribution in [3.63, 3.8) is 0 Å². The maximum Gasteiger partial charge on any atom is 0.134 e. The minimum atomic E-state index is 0.323. The standard InChI is InChI=1S/C2H5NOS/c4-2-1-3-5/h2-3,5H,1H2. The van der Waals surface area contributed by atoms with Gasteiger partial charge >= 0.3 is 0 Å². The van der Waals surface area contributed by atoms with Crippen molar-refractivity contribution in [2.45, 2.75) is 0 Å². The number of hydrogen-bond donors (Lipinski definition) is 2. The Labute approximate surface area is 36.1 Å². The van der Waals surface area contributed by atoms with Gasteiger partial charge in [-0.15, -0.1) is 0 Å². The normalized spacial score (nSPS) is 7.40. The lowest BCUT2D eigenvalue weighted by Crippen LogP contribution is -2.00. The zero-order valence-electron chi connectivity index (χ0n) is 2.64. The zero-order valence-corrected chi connectivity index (χ0v) is 3.53. The molecule has 0 aromatic heterocycles. The molecule has 0 unspecified atom stereocenters. The summed E-state index contributed by atoms with van der Waals surface area (Å²) >= 11 is 3.52. The van der Waals surface area contributed by atoms with Gasteiger partial charge in [-0.25, -0.2) is 0 Å². The molecule has 0 bridgehead atoms. The van der Waals surface area contributed by atoms with E-state index in [1.54, 1.807) is 0 Å². The predicted octanol–water partition coefficient (Wildman–Crippen LogP) is -0.380. The van der Waals surface area contributed by atoms with Crippen LogP contribution in [0.25, 0.3) is 0 Å². The Hall–Kier alpha value is -0.0200. The smallest absolute Gasteiger partial charge is 0.134 e. The molecule has 0 rings (SSSR count). The van der Waals surface area contributed by atoms with Gasteiger partial charge in [0.25, 0.3) is 0 Å². The maximum absolute atomic E-state index is 9.29. The quantitative estimate of drug-likeness (QED) is 0.358. The number of nitrogens with one attached hydrogen (secondary N) is 1. The molecule has 0 atom stereocenters. The van der Waals surface area contributed by atoms with Crippen LogP contribution >= 0.6 is 12.8 Å². The Bertz CT molecular complexity index is 30.8. The Morgan fingerprint density at radius 2 is 2.60 bits per heavy atom. The van der Waals surface area contributed by atoms with E-state index in [-0.39, 0.29) is 0 Å². The van der Waals surface area contributed by atoms with E-state index in [9.17, 15) is 4.79 Å². The molecule has 0 aromatic rings. The van der Waals surface area contributed by atoms with Crippen molar-refractivity contribution in [1.29, 1.82) is 0 Å². The van der Waals surface area contributed by atoms with E-state index in [2.05, 4.69) is 17.5 Å². The summed E-state index contributed by atoms with van der Waals surface area (Å²) in [5, 5.41) is 0. The second kappa shape index (κ2) is 3.98. The van der Waals surface area contributed by atoms with Crippen molar-refractivity contribution >= 4 is 19.1 Å². The van der Waals surface area contributed by atoms with Crippen molar-refractivity contribution in [2.75, 3.05) is 6.54 Å². The summed E-state index contributed by atoms with van der Waals surface area (Å²) in [6.07, 6.45) is 0.743. The van der Waals surface area contributed by atoms with E-state index in [0.29, 0.717) is 6.54 Å². The number of carbonyl (C=O) groups excluding carboxylic acids is 1. The molecule has 0 radical (unpaired) electrons. The topological polar surface area (TPSA) is 29.1 Å². The third kappa shape index (κ3) is 3.98. The van der Waals surface area contributed by atoms with Gasteiger partial charge in [-0.1, -0.05) is 12.8 Å². The first kappa shape index (κ1) is 4.98. The highest BCUT2D eigenvalue weighted by molar-refractivity contribution is 7.78. The lowest BCUT2D eigenvalue weighted by Gasteiger charge is -1.74. The van der Waals surface area contributed by atoms with Crippen molar-refractivity contribution in [3.05, 3.63) is 0 Å². The second-order valence-electron chi connectivity index (χ2n) is 0.529. The van der Waals surface area contributed by atoms with E-state index in [1.807, 2.05) is 0 Å². The number of carbonyl (C=O) groups is 1. The summed E-state index contributed by atoms with van der Waals surface area (Å²) in [5.74, 6) is 0. The van der Waals surface area contributed by atoms with Crippen LogP contribution in [-0.2, 0) is 4.79 Å². The van der Waals surface area contributed by atoms with Crippen molar-refractivity contribution in [1.82, 2.24) is 4.72 Å². The predicted molar refractivity (Wildman–Crippen MR) is 23.1 cm³/mol. The Kier molecular flexibility index (Phi) is 3.96. The van der Waals surface area contributed by atoms with Crippen LogP contribution in [0, 0.1) is 0 Å². The second-order valence-corrected chi connectivity index (χ2v) is 0.845. The van der Waals surface area contributed by atoms with Gasteiger partial charge in [0.15, 0.2) is 0 Å². The van der Waals surface area contributed by atoms with Gasteiger partial charge in [-0.2, -0.15) is 0 Å². The summed E-state index contributed by atoms with van der Waals surface area (Å²) in [4.78, 5) is 9.29. The third-order valence-electron chi connectivity index (χ3n) is 0.175. The van der Waals surface area contributed by atoms with Crippen LogP contribution in [0.15, 0.2) is 0 Å². The molecular weight excluding hydrogens is 86.1 g/mol. The average Bonchev–Trinajstić information content (AvgIpc) is 1.41. The van der Waals surface area contributed by atoms with Crippen molar-refractivity contribution in [2.24, 2.45) is 0 Å². The molecular formula is C2H5NOS. The van der Waals surface area contributed by atoms with Crippen molar-refractivity contribution in [3.8, 4) is 0 Å². The number of rotatable bonds is 2. The molecule has 0 amide bonds. The van der Waals surface area contributed by atoms with Gasteiger partial charge in [0.2, 0.25) is 0 Å². The Morgan fingerprint density at radius 3 is 2.60 bits per heavy atom. The number of hydrogen-bond acceptors (Lipinski definition) is 3. The molecule has 0 aliphatic carbocycles. The molecule has 0 aliphatic heterocycles. The van der Waals surface area contributed by atoms with Crippen LogP contribution in [0.3, 0.4) is 0 Å². The number of thiol groups is 1. The molecule has 0 saturated carbocycles. The van der Waals surface area contributed by atoms with Crippen LogP contribution in [0.5, 0.6) is 0 Å². The highest BCUT2D eigenvalue weighted by Crippen LogP contribution is 1.49. The molecule has 5 heavy (non-hydrogen) atoms. The molecule has 30 valence electrons. The van der Waals surface area contributed by atoms with Crippen LogP contribution in [0.4, 0.5) is 0 Å². The van der Waals surface area contributed by atoms with Gasteiger partial charge in [-0.05, 0) is 0 Å². The summed E-state index contributed by atoms with van der Waals surface area (Å²) in [6.45, 7) is 0.323. The van der Waals surface area contributed by atoms with Crippen LogP contribution in [0.2, 0.25) is 0 Å². The van der Waals surface area contributed by atoms with Gasteiger partial charge < -0.3 is 4.79 Å². The first-order valence-electron chi connectivity index (χ1n) is 1.22. The van der Waals surface area contributed by atoms with Gasteiger partial charge in [0, 0.05) is 0 Å². The largest absolute Gasteiger partial charge is 0.302 e. The average molecular weight is 91.1 g/mol. The van der Waals surface area contributed by atoms with E-state index in [1.165, 1.54) is 0 Å². The molecule has 3 heteroatoms. The van der Waals surface area contributed by atoms with Gasteiger partial charge in [0.1, 0.15) is 6.29 Å². The number of aldehydes is 1. The fourth-order valence-corrected chi connectivity index (χ4v) is 0.112. The van der Waals surface area contributed by atoms with Crippen LogP contribution in [0.1, 0.15) is 0 Å². The third-order valence-corrected chi connectivity index (χ3v) is 0.357. The lowest BCUT2D eigenvalue weighted by molar-refractivity contribution is -0.106. The molecule has 0 heterocycles. The first-order chi connectivity index (χ1) is 2.41. The van der Waals surface area contributed by atoms with Gasteiger partial charge in [0.05, 0.1) is 6.54 Å². The Balaban J connectivity index is 2.40. The highest BCUT2D eigenvalue weighted by Gasteiger charge is 1.63. The molecule has 0 aromatic carbocycles. The fourth-order valence-electron chi connectivity index (χ4n) is 0.0373.